The third kappa shape index (κ3) is 14.2. The molecule has 0 radical (unpaired) electrons. The minimum absolute atomic E-state index is 0.570. The highest BCUT2D eigenvalue weighted by Crippen LogP contribution is 2.27. The molecule has 0 amide bonds. The second-order valence-corrected chi connectivity index (χ2v) is 7.14. The highest BCUT2D eigenvalue weighted by atomic mass is 14.2. The lowest BCUT2D eigenvalue weighted by Crippen LogP contribution is -2.08. The smallest absolute Gasteiger partial charge is 0.0351 e. The zero-order valence-corrected chi connectivity index (χ0v) is 14.8. The molecule has 0 aliphatic heterocycles. The molecule has 0 saturated carbocycles. The van der Waals surface area contributed by atoms with Crippen molar-refractivity contribution in [2.75, 3.05) is 0 Å². The molecule has 0 bridgehead atoms. The van der Waals surface area contributed by atoms with Gasteiger partial charge in [-0.3, -0.25) is 0 Å². The van der Waals surface area contributed by atoms with Gasteiger partial charge in [-0.15, -0.1) is 0 Å². The van der Waals surface area contributed by atoms with Crippen molar-refractivity contribution >= 4 is 0 Å². The van der Waals surface area contributed by atoms with Gasteiger partial charge in [0.1, 0.15) is 0 Å². The Labute approximate surface area is 129 Å². The Morgan fingerprint density at radius 1 is 0.650 bits per heavy atom. The van der Waals surface area contributed by atoms with Crippen molar-refractivity contribution in [3.05, 3.63) is 12.2 Å². The van der Waals surface area contributed by atoms with E-state index in [2.05, 4.69) is 39.8 Å². The van der Waals surface area contributed by atoms with Crippen LogP contribution in [0.3, 0.4) is 0 Å². The fourth-order valence-corrected chi connectivity index (χ4v) is 2.50. The Balaban J connectivity index is 3.18. The second-order valence-electron chi connectivity index (χ2n) is 7.14. The van der Waals surface area contributed by atoms with Gasteiger partial charge in [-0.25, -0.2) is 0 Å². The molecule has 0 fully saturated rings. The van der Waals surface area contributed by atoms with Gasteiger partial charge in [0.05, 0.1) is 0 Å². The highest BCUT2D eigenvalue weighted by molar-refractivity contribution is 4.81. The normalized spacial score (nSPS) is 12.4. The van der Waals surface area contributed by atoms with Crippen LogP contribution < -0.4 is 0 Å². The first kappa shape index (κ1) is 19.7. The van der Waals surface area contributed by atoms with Crippen LogP contribution in [0.5, 0.6) is 0 Å². The Morgan fingerprint density at radius 2 is 1.15 bits per heavy atom. The quantitative estimate of drug-likeness (QED) is 0.226. The van der Waals surface area contributed by atoms with E-state index in [1.54, 1.807) is 0 Å². The van der Waals surface area contributed by atoms with Crippen molar-refractivity contribution in [2.24, 2.45) is 5.41 Å². The third-order valence-electron chi connectivity index (χ3n) is 4.57. The van der Waals surface area contributed by atoms with Gasteiger partial charge in [-0.1, -0.05) is 91.2 Å². The van der Waals surface area contributed by atoms with Crippen LogP contribution in [0.25, 0.3) is 0 Å². The summed E-state index contributed by atoms with van der Waals surface area (Å²) in [4.78, 5) is 0. The summed E-state index contributed by atoms with van der Waals surface area (Å²) in [5, 5.41) is 0. The SMILES string of the molecule is CCCCCCC=CCCCCCCCC(C)(C)CC. The number of unbranched alkanes of at least 4 members (excludes halogenated alkanes) is 9. The fraction of sp³-hybridized carbons (Fsp3) is 0.900. The van der Waals surface area contributed by atoms with Crippen LogP contribution in [0.2, 0.25) is 0 Å². The van der Waals surface area contributed by atoms with Crippen LogP contribution in [0.1, 0.15) is 111 Å². The molecule has 0 rings (SSSR count). The highest BCUT2D eigenvalue weighted by Gasteiger charge is 2.13. The van der Waals surface area contributed by atoms with Gasteiger partial charge in [0.25, 0.3) is 0 Å². The predicted molar refractivity (Wildman–Crippen MR) is 94.3 cm³/mol. The molecule has 0 aromatic carbocycles. The summed E-state index contributed by atoms with van der Waals surface area (Å²) in [5.41, 5.74) is 0.570. The summed E-state index contributed by atoms with van der Waals surface area (Å²) in [5.74, 6) is 0. The zero-order valence-electron chi connectivity index (χ0n) is 14.8. The van der Waals surface area contributed by atoms with Gasteiger partial charge in [0, 0.05) is 0 Å². The largest absolute Gasteiger partial charge is 0.0885 e. The molecule has 0 saturated heterocycles. The first-order valence-corrected chi connectivity index (χ1v) is 9.27. The van der Waals surface area contributed by atoms with E-state index in [0.717, 1.165) is 0 Å². The predicted octanol–water partition coefficient (Wildman–Crippen LogP) is 7.68. The Morgan fingerprint density at radius 3 is 1.70 bits per heavy atom. The van der Waals surface area contributed by atoms with Gasteiger partial charge in [0.2, 0.25) is 0 Å². The van der Waals surface area contributed by atoms with E-state index >= 15 is 0 Å². The fourth-order valence-electron chi connectivity index (χ4n) is 2.50. The molecule has 0 atom stereocenters. The molecule has 0 nitrogen and oxygen atoms in total. The molecule has 0 unspecified atom stereocenters. The zero-order chi connectivity index (χ0) is 15.1. The average Bonchev–Trinajstić information content (AvgIpc) is 2.44. The van der Waals surface area contributed by atoms with Gasteiger partial charge in [0.15, 0.2) is 0 Å². The summed E-state index contributed by atoms with van der Waals surface area (Å²) in [6, 6.07) is 0. The van der Waals surface area contributed by atoms with Crippen LogP contribution in [-0.2, 0) is 0 Å². The van der Waals surface area contributed by atoms with Crippen molar-refractivity contribution in [2.45, 2.75) is 111 Å². The van der Waals surface area contributed by atoms with Crippen molar-refractivity contribution < 1.29 is 0 Å². The van der Waals surface area contributed by atoms with Crippen molar-refractivity contribution in [1.82, 2.24) is 0 Å². The topological polar surface area (TPSA) is 0 Å². The minimum atomic E-state index is 0.570. The van der Waals surface area contributed by atoms with E-state index in [9.17, 15) is 0 Å². The maximum absolute atomic E-state index is 2.41. The number of hydrogen-bond acceptors (Lipinski definition) is 0. The lowest BCUT2D eigenvalue weighted by atomic mass is 9.84. The molecule has 0 aliphatic carbocycles. The first-order chi connectivity index (χ1) is 9.62. The Bertz CT molecular complexity index is 212. The average molecular weight is 281 g/mol. The van der Waals surface area contributed by atoms with E-state index in [1.807, 2.05) is 0 Å². The lowest BCUT2D eigenvalue weighted by Gasteiger charge is -2.22. The van der Waals surface area contributed by atoms with E-state index in [-0.39, 0.29) is 0 Å². The molecule has 0 aromatic rings. The summed E-state index contributed by atoms with van der Waals surface area (Å²) in [6.07, 6.45) is 22.8. The van der Waals surface area contributed by atoms with Crippen LogP contribution in [-0.4, -0.2) is 0 Å². The summed E-state index contributed by atoms with van der Waals surface area (Å²) in [6.45, 7) is 9.39. The summed E-state index contributed by atoms with van der Waals surface area (Å²) < 4.78 is 0. The van der Waals surface area contributed by atoms with Crippen LogP contribution in [0.4, 0.5) is 0 Å². The van der Waals surface area contributed by atoms with E-state index in [0.29, 0.717) is 5.41 Å². The van der Waals surface area contributed by atoms with E-state index in [1.165, 1.54) is 83.5 Å². The number of hydrogen-bond donors (Lipinski definition) is 0. The Kier molecular flexibility index (Phi) is 13.5. The molecule has 0 heteroatoms. The number of rotatable bonds is 14. The minimum Gasteiger partial charge on any atom is -0.0885 e. The monoisotopic (exact) mass is 280 g/mol. The molecule has 120 valence electrons. The Hall–Kier alpha value is -0.260. The standard InChI is InChI=1S/C20H40/c1-5-7-8-9-10-11-12-13-14-15-16-17-18-19-20(3,4)6-2/h11-12H,5-10,13-19H2,1-4H3. The molecule has 20 heavy (non-hydrogen) atoms. The molecular weight excluding hydrogens is 240 g/mol. The van der Waals surface area contributed by atoms with Crippen molar-refractivity contribution in [3.8, 4) is 0 Å². The van der Waals surface area contributed by atoms with E-state index < -0.39 is 0 Å². The molecule has 0 aromatic heterocycles. The maximum atomic E-state index is 2.41. The second kappa shape index (κ2) is 13.7. The number of allylic oxidation sites excluding steroid dienone is 2. The van der Waals surface area contributed by atoms with Gasteiger partial charge >= 0.3 is 0 Å². The summed E-state index contributed by atoms with van der Waals surface area (Å²) >= 11 is 0. The first-order valence-electron chi connectivity index (χ1n) is 9.27. The molecule has 0 N–H and O–H groups in total. The molecule has 0 aliphatic rings. The van der Waals surface area contributed by atoms with Gasteiger partial charge in [-0.2, -0.15) is 0 Å². The van der Waals surface area contributed by atoms with Crippen molar-refractivity contribution in [1.29, 1.82) is 0 Å². The van der Waals surface area contributed by atoms with Crippen LogP contribution in [0.15, 0.2) is 12.2 Å². The third-order valence-corrected chi connectivity index (χ3v) is 4.57. The van der Waals surface area contributed by atoms with Crippen LogP contribution >= 0.6 is 0 Å². The molecular formula is C20H40. The van der Waals surface area contributed by atoms with Gasteiger partial charge in [-0.05, 0) is 37.5 Å². The van der Waals surface area contributed by atoms with Gasteiger partial charge < -0.3 is 0 Å². The maximum Gasteiger partial charge on any atom is -0.0351 e. The molecule has 0 heterocycles. The summed E-state index contributed by atoms with van der Waals surface area (Å²) in [7, 11) is 0. The van der Waals surface area contributed by atoms with Crippen LogP contribution in [0, 0.1) is 5.41 Å². The van der Waals surface area contributed by atoms with Crippen molar-refractivity contribution in [3.63, 3.8) is 0 Å². The molecule has 0 spiro atoms. The lowest BCUT2D eigenvalue weighted by molar-refractivity contribution is 0.307. The van der Waals surface area contributed by atoms with E-state index in [4.69, 9.17) is 0 Å².